The second-order valence-corrected chi connectivity index (χ2v) is 3.98. The normalized spacial score (nSPS) is 15.6. The number of hydrogen-bond donors (Lipinski definition) is 4. The van der Waals surface area contributed by atoms with Gasteiger partial charge in [0.25, 0.3) is 0 Å². The van der Waals surface area contributed by atoms with Crippen LogP contribution in [0, 0.1) is 0 Å². The van der Waals surface area contributed by atoms with Gasteiger partial charge in [0.1, 0.15) is 6.10 Å². The van der Waals surface area contributed by atoms with E-state index in [0.29, 0.717) is 17.5 Å². The van der Waals surface area contributed by atoms with Crippen molar-refractivity contribution < 1.29 is 15.4 Å². The molecule has 0 saturated heterocycles. The van der Waals surface area contributed by atoms with Gasteiger partial charge in [0.05, 0.1) is 6.10 Å². The van der Waals surface area contributed by atoms with Crippen LogP contribution in [0.25, 0.3) is 0 Å². The van der Waals surface area contributed by atoms with Crippen molar-refractivity contribution in [3.63, 3.8) is 0 Å². The third kappa shape index (κ3) is 3.59. The lowest BCUT2D eigenvalue weighted by atomic mass is 10.0. The van der Waals surface area contributed by atoms with E-state index < -0.39 is 12.2 Å². The van der Waals surface area contributed by atoms with Crippen molar-refractivity contribution in [1.82, 2.24) is 0 Å². The van der Waals surface area contributed by atoms with E-state index in [4.69, 9.17) is 22.5 Å². The number of halogens is 1. The summed E-state index contributed by atoms with van der Waals surface area (Å²) in [6, 6.07) is 6.41. The van der Waals surface area contributed by atoms with Gasteiger partial charge in [0, 0.05) is 11.4 Å². The molecule has 6 heteroatoms. The predicted octanol–water partition coefficient (Wildman–Crippen LogP) is 0.804. The minimum Gasteiger partial charge on any atom is -0.409 e. The molecule has 17 heavy (non-hydrogen) atoms. The topological polar surface area (TPSA) is 99.1 Å². The van der Waals surface area contributed by atoms with Crippen LogP contribution < -0.4 is 5.73 Å². The maximum absolute atomic E-state index is 9.79. The Morgan fingerprint density at radius 3 is 2.35 bits per heavy atom. The van der Waals surface area contributed by atoms with Crippen molar-refractivity contribution in [1.29, 1.82) is 0 Å². The smallest absolute Gasteiger partial charge is 0.170 e. The second-order valence-electron chi connectivity index (χ2n) is 3.60. The van der Waals surface area contributed by atoms with E-state index >= 15 is 0 Å². The van der Waals surface area contributed by atoms with Crippen molar-refractivity contribution in [2.24, 2.45) is 10.9 Å². The second kappa shape index (κ2) is 6.44. The molecule has 0 bridgehead atoms. The number of nitrogens with zero attached hydrogens (tertiary/aromatic N) is 1. The third-order valence-electron chi connectivity index (χ3n) is 2.43. The zero-order valence-corrected chi connectivity index (χ0v) is 9.88. The number of hydrogen-bond acceptors (Lipinski definition) is 4. The number of nitrogens with two attached hydrogens (primary N) is 1. The summed E-state index contributed by atoms with van der Waals surface area (Å²) in [6.45, 7) is 0. The molecule has 0 spiro atoms. The summed E-state index contributed by atoms with van der Waals surface area (Å²) >= 11 is 5.48. The molecule has 5 nitrogen and oxygen atoms in total. The van der Waals surface area contributed by atoms with Gasteiger partial charge >= 0.3 is 0 Å². The van der Waals surface area contributed by atoms with Gasteiger partial charge in [0.15, 0.2) is 5.84 Å². The fraction of sp³-hybridized carbons (Fsp3) is 0.364. The van der Waals surface area contributed by atoms with Crippen LogP contribution in [0.2, 0.25) is 0 Å². The Balaban J connectivity index is 2.80. The highest BCUT2D eigenvalue weighted by Crippen LogP contribution is 2.19. The molecular weight excluding hydrogens is 244 g/mol. The van der Waals surface area contributed by atoms with E-state index in [-0.39, 0.29) is 11.7 Å². The fourth-order valence-electron chi connectivity index (χ4n) is 1.40. The Morgan fingerprint density at radius 2 is 1.88 bits per heavy atom. The predicted molar refractivity (Wildman–Crippen MR) is 65.3 cm³/mol. The third-order valence-corrected chi connectivity index (χ3v) is 2.64. The Morgan fingerprint density at radius 1 is 1.29 bits per heavy atom. The molecule has 0 heterocycles. The first-order chi connectivity index (χ1) is 8.10. The molecule has 0 radical (unpaired) electrons. The molecule has 0 fully saturated rings. The molecule has 1 aromatic rings. The Bertz CT molecular complexity index is 381. The van der Waals surface area contributed by atoms with Crippen molar-refractivity contribution in [2.45, 2.75) is 18.6 Å². The summed E-state index contributed by atoms with van der Waals surface area (Å²) in [5.41, 5.74) is 6.49. The van der Waals surface area contributed by atoms with Gasteiger partial charge in [-0.2, -0.15) is 0 Å². The van der Waals surface area contributed by atoms with Crippen LogP contribution in [0.3, 0.4) is 0 Å². The number of amidine groups is 1. The number of rotatable bonds is 5. The molecule has 0 aliphatic carbocycles. The molecule has 94 valence electrons. The van der Waals surface area contributed by atoms with Gasteiger partial charge < -0.3 is 21.2 Å². The first kappa shape index (κ1) is 13.8. The molecule has 0 aromatic heterocycles. The summed E-state index contributed by atoms with van der Waals surface area (Å²) in [7, 11) is 0. The van der Waals surface area contributed by atoms with Gasteiger partial charge in [-0.3, -0.25) is 0 Å². The zero-order chi connectivity index (χ0) is 12.8. The summed E-state index contributed by atoms with van der Waals surface area (Å²) in [5.74, 6) is 0.271. The van der Waals surface area contributed by atoms with Gasteiger partial charge in [-0.15, -0.1) is 11.6 Å². The minimum absolute atomic E-state index is 0.00709. The summed E-state index contributed by atoms with van der Waals surface area (Å²) < 4.78 is 0. The van der Waals surface area contributed by atoms with Crippen molar-refractivity contribution in [3.05, 3.63) is 35.4 Å². The Kier molecular flexibility index (Phi) is 5.21. The molecule has 0 amide bonds. The minimum atomic E-state index is -0.991. The zero-order valence-electron chi connectivity index (χ0n) is 9.12. The molecular formula is C11H15ClN2O3. The SMILES string of the molecule is NC(=NO)c1ccc(C(O)C(O)CCCl)cc1. The van der Waals surface area contributed by atoms with E-state index in [0.717, 1.165) is 0 Å². The van der Waals surface area contributed by atoms with Crippen LogP contribution in [-0.4, -0.2) is 33.2 Å². The first-order valence-electron chi connectivity index (χ1n) is 5.10. The van der Waals surface area contributed by atoms with Crippen LogP contribution >= 0.6 is 11.6 Å². The van der Waals surface area contributed by atoms with E-state index in [1.54, 1.807) is 24.3 Å². The highest BCUT2D eigenvalue weighted by molar-refractivity contribution is 6.17. The van der Waals surface area contributed by atoms with Gasteiger partial charge in [0.2, 0.25) is 0 Å². The molecule has 0 aliphatic rings. The molecule has 1 aromatic carbocycles. The molecule has 0 saturated carbocycles. The standard InChI is InChI=1S/C11H15ClN2O3/c12-6-5-9(15)10(16)7-1-3-8(4-2-7)11(13)14-17/h1-4,9-10,15-17H,5-6H2,(H2,13,14). The lowest BCUT2D eigenvalue weighted by Crippen LogP contribution is -2.19. The number of aliphatic hydroxyl groups excluding tert-OH is 2. The Hall–Kier alpha value is -1.30. The van der Waals surface area contributed by atoms with Gasteiger partial charge in [-0.25, -0.2) is 0 Å². The summed E-state index contributed by atoms with van der Waals surface area (Å²) in [6.07, 6.45) is -1.58. The highest BCUT2D eigenvalue weighted by atomic mass is 35.5. The van der Waals surface area contributed by atoms with E-state index in [1.165, 1.54) is 0 Å². The number of benzene rings is 1. The molecule has 5 N–H and O–H groups in total. The van der Waals surface area contributed by atoms with Crippen molar-refractivity contribution in [3.8, 4) is 0 Å². The van der Waals surface area contributed by atoms with Crippen LogP contribution in [0.4, 0.5) is 0 Å². The molecule has 2 atom stereocenters. The summed E-state index contributed by atoms with van der Waals surface area (Å²) in [4.78, 5) is 0. The van der Waals surface area contributed by atoms with E-state index in [9.17, 15) is 10.2 Å². The average Bonchev–Trinajstić information content (AvgIpc) is 2.37. The quantitative estimate of drug-likeness (QED) is 0.206. The number of oxime groups is 1. The highest BCUT2D eigenvalue weighted by Gasteiger charge is 2.17. The lowest BCUT2D eigenvalue weighted by Gasteiger charge is -2.17. The summed E-state index contributed by atoms with van der Waals surface area (Å²) in [5, 5.41) is 30.7. The van der Waals surface area contributed by atoms with Crippen LogP contribution in [0.15, 0.2) is 29.4 Å². The molecule has 0 aliphatic heterocycles. The molecule has 2 unspecified atom stereocenters. The van der Waals surface area contributed by atoms with Crippen molar-refractivity contribution >= 4 is 17.4 Å². The monoisotopic (exact) mass is 258 g/mol. The number of aliphatic hydroxyl groups is 2. The fourth-order valence-corrected chi connectivity index (χ4v) is 1.62. The Labute approximate surface area is 104 Å². The van der Waals surface area contributed by atoms with Gasteiger partial charge in [-0.1, -0.05) is 29.4 Å². The van der Waals surface area contributed by atoms with E-state index in [2.05, 4.69) is 5.16 Å². The maximum Gasteiger partial charge on any atom is 0.170 e. The van der Waals surface area contributed by atoms with Gasteiger partial charge in [-0.05, 0) is 12.0 Å². The van der Waals surface area contributed by atoms with Crippen molar-refractivity contribution in [2.75, 3.05) is 5.88 Å². The van der Waals surface area contributed by atoms with Crippen LogP contribution in [-0.2, 0) is 0 Å². The molecule has 1 rings (SSSR count). The largest absolute Gasteiger partial charge is 0.409 e. The average molecular weight is 259 g/mol. The maximum atomic E-state index is 9.79. The number of alkyl halides is 1. The van der Waals surface area contributed by atoms with E-state index in [1.807, 2.05) is 0 Å². The van der Waals surface area contributed by atoms with Crippen LogP contribution in [0.5, 0.6) is 0 Å². The van der Waals surface area contributed by atoms with Crippen LogP contribution in [0.1, 0.15) is 23.7 Å². The lowest BCUT2D eigenvalue weighted by molar-refractivity contribution is 0.0170. The first-order valence-corrected chi connectivity index (χ1v) is 5.63.